The summed E-state index contributed by atoms with van der Waals surface area (Å²) in [6, 6.07) is 2.14. The van der Waals surface area contributed by atoms with Crippen LogP contribution in [-0.4, -0.2) is 25.7 Å². The third-order valence-electron chi connectivity index (χ3n) is 3.34. The molecular formula is C12H16Cl2N2O3S. The van der Waals surface area contributed by atoms with Crippen LogP contribution in [0.4, 0.5) is 5.69 Å². The molecule has 1 aliphatic rings. The van der Waals surface area contributed by atoms with E-state index in [9.17, 15) is 13.5 Å². The van der Waals surface area contributed by atoms with E-state index in [1.807, 2.05) is 0 Å². The first-order valence-electron chi connectivity index (χ1n) is 6.26. The first-order valence-corrected chi connectivity index (χ1v) is 8.50. The molecule has 0 heterocycles. The normalized spacial score (nSPS) is 23.8. The van der Waals surface area contributed by atoms with Gasteiger partial charge in [0.2, 0.25) is 10.0 Å². The Balaban J connectivity index is 2.31. The molecule has 1 aliphatic carbocycles. The Morgan fingerprint density at radius 3 is 2.50 bits per heavy atom. The molecule has 0 aliphatic heterocycles. The molecule has 0 radical (unpaired) electrons. The van der Waals surface area contributed by atoms with E-state index < -0.39 is 22.2 Å². The maximum absolute atomic E-state index is 12.4. The first kappa shape index (κ1) is 15.9. The molecule has 1 aromatic rings. The average molecular weight is 339 g/mol. The number of halogens is 2. The number of aliphatic hydroxyl groups excluding tert-OH is 1. The van der Waals surface area contributed by atoms with Crippen LogP contribution in [0.1, 0.15) is 25.7 Å². The standard InChI is InChI=1S/C12H16Cl2N2O3S/c13-7-5-8(14)12(9(15)6-7)20(18,19)16-10-3-1-2-4-11(10)17/h5-6,10-11,16-17H,1-4,15H2/t10-,11-/m1/s1. The molecule has 0 aromatic heterocycles. The van der Waals surface area contributed by atoms with Crippen LogP contribution < -0.4 is 10.5 Å². The summed E-state index contributed by atoms with van der Waals surface area (Å²) in [6.07, 6.45) is 2.24. The van der Waals surface area contributed by atoms with Gasteiger partial charge in [0.15, 0.2) is 0 Å². The minimum atomic E-state index is -3.90. The van der Waals surface area contributed by atoms with E-state index >= 15 is 0 Å². The highest BCUT2D eigenvalue weighted by molar-refractivity contribution is 7.89. The monoisotopic (exact) mass is 338 g/mol. The number of hydrogen-bond acceptors (Lipinski definition) is 4. The number of benzene rings is 1. The van der Waals surface area contributed by atoms with E-state index in [1.165, 1.54) is 12.1 Å². The maximum atomic E-state index is 12.4. The number of rotatable bonds is 3. The Morgan fingerprint density at radius 2 is 1.90 bits per heavy atom. The van der Waals surface area contributed by atoms with Crippen molar-refractivity contribution in [3.63, 3.8) is 0 Å². The Kier molecular flexibility index (Phi) is 4.81. The van der Waals surface area contributed by atoms with Crippen molar-refractivity contribution in [1.29, 1.82) is 0 Å². The second kappa shape index (κ2) is 6.07. The summed E-state index contributed by atoms with van der Waals surface area (Å²) in [5.74, 6) is 0. The molecule has 0 amide bonds. The zero-order chi connectivity index (χ0) is 14.9. The van der Waals surface area contributed by atoms with Gasteiger partial charge in [0.05, 0.1) is 16.8 Å². The van der Waals surface area contributed by atoms with Crippen LogP contribution in [0.3, 0.4) is 0 Å². The van der Waals surface area contributed by atoms with Crippen LogP contribution in [0.5, 0.6) is 0 Å². The fourth-order valence-corrected chi connectivity index (χ4v) is 4.66. The van der Waals surface area contributed by atoms with Gasteiger partial charge in [0, 0.05) is 11.1 Å². The number of hydrogen-bond donors (Lipinski definition) is 3. The lowest BCUT2D eigenvalue weighted by Crippen LogP contribution is -2.45. The van der Waals surface area contributed by atoms with Crippen LogP contribution in [0.25, 0.3) is 0 Å². The number of aliphatic hydroxyl groups is 1. The van der Waals surface area contributed by atoms with E-state index in [0.717, 1.165) is 12.8 Å². The Bertz CT molecular complexity index is 584. The van der Waals surface area contributed by atoms with E-state index in [4.69, 9.17) is 28.9 Å². The van der Waals surface area contributed by atoms with Crippen molar-refractivity contribution in [2.75, 3.05) is 5.73 Å². The predicted octanol–water partition coefficient (Wildman–Crippen LogP) is 2.16. The number of anilines is 1. The molecule has 4 N–H and O–H groups in total. The minimum absolute atomic E-state index is 0.0136. The van der Waals surface area contributed by atoms with Gasteiger partial charge in [-0.15, -0.1) is 0 Å². The molecule has 1 saturated carbocycles. The van der Waals surface area contributed by atoms with Crippen LogP contribution in [0.2, 0.25) is 10.0 Å². The van der Waals surface area contributed by atoms with Gasteiger partial charge in [-0.05, 0) is 25.0 Å². The maximum Gasteiger partial charge on any atom is 0.244 e. The molecule has 20 heavy (non-hydrogen) atoms. The van der Waals surface area contributed by atoms with Gasteiger partial charge in [-0.2, -0.15) is 0 Å². The molecule has 0 spiro atoms. The van der Waals surface area contributed by atoms with Crippen LogP contribution in [-0.2, 0) is 10.0 Å². The van der Waals surface area contributed by atoms with Crippen molar-refractivity contribution in [1.82, 2.24) is 4.72 Å². The highest BCUT2D eigenvalue weighted by atomic mass is 35.5. The molecule has 1 aromatic carbocycles. The summed E-state index contributed by atoms with van der Waals surface area (Å²) in [6.45, 7) is 0. The fraction of sp³-hybridized carbons (Fsp3) is 0.500. The number of sulfonamides is 1. The third-order valence-corrected chi connectivity index (χ3v) is 5.58. The van der Waals surface area contributed by atoms with Gasteiger partial charge < -0.3 is 10.8 Å². The molecule has 5 nitrogen and oxygen atoms in total. The Labute approximate surface area is 128 Å². The van der Waals surface area contributed by atoms with Gasteiger partial charge in [-0.3, -0.25) is 0 Å². The summed E-state index contributed by atoms with van der Waals surface area (Å²) in [5, 5.41) is 10.1. The highest BCUT2D eigenvalue weighted by Gasteiger charge is 2.30. The molecule has 0 unspecified atom stereocenters. The molecule has 112 valence electrons. The quantitative estimate of drug-likeness (QED) is 0.736. The average Bonchev–Trinajstić information content (AvgIpc) is 2.30. The molecule has 2 atom stereocenters. The lowest BCUT2D eigenvalue weighted by atomic mass is 9.93. The first-order chi connectivity index (χ1) is 9.31. The van der Waals surface area contributed by atoms with Crippen LogP contribution >= 0.6 is 23.2 Å². The Hall–Kier alpha value is -0.530. The Morgan fingerprint density at radius 1 is 1.25 bits per heavy atom. The van der Waals surface area contributed by atoms with Crippen molar-refractivity contribution in [2.45, 2.75) is 42.7 Å². The predicted molar refractivity (Wildman–Crippen MR) is 79.5 cm³/mol. The smallest absolute Gasteiger partial charge is 0.244 e. The lowest BCUT2D eigenvalue weighted by molar-refractivity contribution is 0.101. The zero-order valence-corrected chi connectivity index (χ0v) is 13.0. The topological polar surface area (TPSA) is 92.4 Å². The second-order valence-electron chi connectivity index (χ2n) is 4.89. The third kappa shape index (κ3) is 3.38. The van der Waals surface area contributed by atoms with Crippen molar-refractivity contribution < 1.29 is 13.5 Å². The summed E-state index contributed by atoms with van der Waals surface area (Å²) >= 11 is 11.7. The summed E-state index contributed by atoms with van der Waals surface area (Å²) in [4.78, 5) is -0.193. The number of nitrogens with two attached hydrogens (primary N) is 1. The minimum Gasteiger partial charge on any atom is -0.398 e. The van der Waals surface area contributed by atoms with E-state index in [-0.39, 0.29) is 20.6 Å². The largest absolute Gasteiger partial charge is 0.398 e. The number of nitrogen functional groups attached to an aromatic ring is 1. The molecule has 2 rings (SSSR count). The summed E-state index contributed by atoms with van der Waals surface area (Å²) in [7, 11) is -3.90. The van der Waals surface area contributed by atoms with E-state index in [1.54, 1.807) is 0 Å². The lowest BCUT2D eigenvalue weighted by Gasteiger charge is -2.28. The molecule has 8 heteroatoms. The second-order valence-corrected chi connectivity index (χ2v) is 7.38. The van der Waals surface area contributed by atoms with Crippen molar-refractivity contribution in [2.24, 2.45) is 0 Å². The SMILES string of the molecule is Nc1cc(Cl)cc(Cl)c1S(=O)(=O)N[C@@H]1CCCC[C@H]1O. The molecule has 0 saturated heterocycles. The van der Waals surface area contributed by atoms with Gasteiger partial charge in [0.25, 0.3) is 0 Å². The molecule has 0 bridgehead atoms. The van der Waals surface area contributed by atoms with Gasteiger partial charge >= 0.3 is 0 Å². The van der Waals surface area contributed by atoms with Crippen molar-refractivity contribution >= 4 is 38.9 Å². The highest BCUT2D eigenvalue weighted by Crippen LogP contribution is 2.32. The zero-order valence-electron chi connectivity index (χ0n) is 10.6. The van der Waals surface area contributed by atoms with Gasteiger partial charge in [-0.25, -0.2) is 13.1 Å². The van der Waals surface area contributed by atoms with Gasteiger partial charge in [0.1, 0.15) is 4.90 Å². The van der Waals surface area contributed by atoms with Gasteiger partial charge in [-0.1, -0.05) is 36.0 Å². The van der Waals surface area contributed by atoms with Crippen molar-refractivity contribution in [3.8, 4) is 0 Å². The molecule has 1 fully saturated rings. The van der Waals surface area contributed by atoms with Crippen molar-refractivity contribution in [3.05, 3.63) is 22.2 Å². The summed E-state index contributed by atoms with van der Waals surface area (Å²) < 4.78 is 27.2. The molecular weight excluding hydrogens is 323 g/mol. The van der Waals surface area contributed by atoms with E-state index in [2.05, 4.69) is 4.72 Å². The van der Waals surface area contributed by atoms with E-state index in [0.29, 0.717) is 12.8 Å². The fourth-order valence-electron chi connectivity index (χ4n) is 2.37. The summed E-state index contributed by atoms with van der Waals surface area (Å²) in [5.41, 5.74) is 5.68. The number of nitrogens with one attached hydrogen (secondary N) is 1. The van der Waals surface area contributed by atoms with Crippen LogP contribution in [0.15, 0.2) is 17.0 Å². The van der Waals surface area contributed by atoms with Crippen LogP contribution in [0, 0.1) is 0 Å².